The molecule has 0 bridgehead atoms. The molecule has 0 fully saturated rings. The number of nitrogens with two attached hydrogens (primary N) is 1. The van der Waals surface area contributed by atoms with Crippen molar-refractivity contribution in [3.8, 4) is 0 Å². The molecular formula is C12H12ClFN2O2S2. The molecule has 0 saturated heterocycles. The fourth-order valence-electron chi connectivity index (χ4n) is 1.76. The van der Waals surface area contributed by atoms with Crippen LogP contribution < -0.4 is 10.5 Å². The van der Waals surface area contributed by atoms with E-state index in [0.29, 0.717) is 10.4 Å². The highest BCUT2D eigenvalue weighted by Gasteiger charge is 2.23. The molecule has 20 heavy (non-hydrogen) atoms. The predicted molar refractivity (Wildman–Crippen MR) is 79.2 cm³/mol. The lowest BCUT2D eigenvalue weighted by Gasteiger charge is -2.11. The lowest BCUT2D eigenvalue weighted by molar-refractivity contribution is 0.600. The quantitative estimate of drug-likeness (QED) is 0.902. The summed E-state index contributed by atoms with van der Waals surface area (Å²) in [7, 11) is -3.81. The summed E-state index contributed by atoms with van der Waals surface area (Å²) in [6.07, 6.45) is 0. The van der Waals surface area contributed by atoms with Gasteiger partial charge in [0.25, 0.3) is 10.0 Å². The molecule has 8 heteroatoms. The van der Waals surface area contributed by atoms with E-state index in [1.807, 2.05) is 0 Å². The largest absolute Gasteiger partial charge is 0.326 e. The number of halogens is 2. The van der Waals surface area contributed by atoms with E-state index in [0.717, 1.165) is 12.1 Å². The minimum absolute atomic E-state index is 0.00393. The molecule has 0 radical (unpaired) electrons. The predicted octanol–water partition coefficient (Wildman–Crippen LogP) is 3.11. The van der Waals surface area contributed by atoms with Gasteiger partial charge in [-0.3, -0.25) is 4.72 Å². The van der Waals surface area contributed by atoms with E-state index >= 15 is 0 Å². The standard InChI is InChI=1S/C12H12ClFN2O2S2/c1-7-6-19-11(5-15)12(7)20(17,18)16-10-3-2-8(14)4-9(10)13/h2-4,6,16H,5,15H2,1H3. The molecule has 0 aliphatic heterocycles. The molecule has 2 rings (SSSR count). The lowest BCUT2D eigenvalue weighted by atomic mass is 10.3. The van der Waals surface area contributed by atoms with Gasteiger partial charge in [0.15, 0.2) is 0 Å². The molecule has 1 aromatic heterocycles. The molecule has 108 valence electrons. The maximum Gasteiger partial charge on any atom is 0.263 e. The molecule has 3 N–H and O–H groups in total. The summed E-state index contributed by atoms with van der Waals surface area (Å²) in [5.74, 6) is -0.535. The van der Waals surface area contributed by atoms with Gasteiger partial charge in [0.1, 0.15) is 10.7 Å². The molecule has 1 heterocycles. The monoisotopic (exact) mass is 334 g/mol. The lowest BCUT2D eigenvalue weighted by Crippen LogP contribution is -2.16. The van der Waals surface area contributed by atoms with Crippen LogP contribution in [0, 0.1) is 12.7 Å². The normalized spacial score (nSPS) is 11.6. The summed E-state index contributed by atoms with van der Waals surface area (Å²) in [6.45, 7) is 1.82. The van der Waals surface area contributed by atoms with E-state index < -0.39 is 15.8 Å². The summed E-state index contributed by atoms with van der Waals surface area (Å²) < 4.78 is 40.1. The first-order chi connectivity index (χ1) is 9.35. The molecule has 0 atom stereocenters. The van der Waals surface area contributed by atoms with Crippen molar-refractivity contribution in [2.24, 2.45) is 5.73 Å². The Balaban J connectivity index is 2.43. The fraction of sp³-hybridized carbons (Fsp3) is 0.167. The zero-order valence-electron chi connectivity index (χ0n) is 10.5. The topological polar surface area (TPSA) is 72.2 Å². The Morgan fingerprint density at radius 2 is 2.15 bits per heavy atom. The van der Waals surface area contributed by atoms with E-state index in [2.05, 4.69) is 4.72 Å². The number of rotatable bonds is 4. The van der Waals surface area contributed by atoms with Crippen molar-refractivity contribution in [2.45, 2.75) is 18.4 Å². The highest BCUT2D eigenvalue weighted by atomic mass is 35.5. The first-order valence-corrected chi connectivity index (χ1v) is 8.34. The fourth-order valence-corrected chi connectivity index (χ4v) is 4.81. The Hall–Kier alpha value is -1.15. The van der Waals surface area contributed by atoms with Gasteiger partial charge in [-0.2, -0.15) is 0 Å². The van der Waals surface area contributed by atoms with Crippen LogP contribution in [0.2, 0.25) is 5.02 Å². The van der Waals surface area contributed by atoms with E-state index in [9.17, 15) is 12.8 Å². The third kappa shape index (κ3) is 2.95. The van der Waals surface area contributed by atoms with Gasteiger partial charge in [-0.15, -0.1) is 11.3 Å². The van der Waals surface area contributed by atoms with E-state index in [-0.39, 0.29) is 22.2 Å². The van der Waals surface area contributed by atoms with Crippen LogP contribution in [0.1, 0.15) is 10.4 Å². The van der Waals surface area contributed by atoms with Gasteiger partial charge in [-0.25, -0.2) is 12.8 Å². The zero-order valence-corrected chi connectivity index (χ0v) is 12.9. The highest BCUT2D eigenvalue weighted by molar-refractivity contribution is 7.93. The molecule has 0 spiro atoms. The second-order valence-electron chi connectivity index (χ2n) is 4.10. The third-order valence-corrected chi connectivity index (χ3v) is 5.78. The number of benzene rings is 1. The molecule has 0 aliphatic carbocycles. The van der Waals surface area contributed by atoms with Crippen molar-refractivity contribution in [3.63, 3.8) is 0 Å². The molecule has 4 nitrogen and oxygen atoms in total. The van der Waals surface area contributed by atoms with Crippen LogP contribution >= 0.6 is 22.9 Å². The maximum atomic E-state index is 13.0. The molecule has 2 aromatic rings. The number of hydrogen-bond acceptors (Lipinski definition) is 4. The van der Waals surface area contributed by atoms with Crippen molar-refractivity contribution in [3.05, 3.63) is 44.9 Å². The smallest absolute Gasteiger partial charge is 0.263 e. The molecule has 1 aromatic carbocycles. The number of nitrogens with one attached hydrogen (secondary N) is 1. The summed E-state index contributed by atoms with van der Waals surface area (Å²) in [5, 5.41) is 1.72. The molecular weight excluding hydrogens is 323 g/mol. The van der Waals surface area contributed by atoms with Crippen LogP contribution in [-0.2, 0) is 16.6 Å². The maximum absolute atomic E-state index is 13.0. The van der Waals surface area contributed by atoms with Crippen molar-refractivity contribution >= 4 is 38.6 Å². The first kappa shape index (κ1) is 15.2. The van der Waals surface area contributed by atoms with Crippen LogP contribution in [0.25, 0.3) is 0 Å². The minimum atomic E-state index is -3.81. The van der Waals surface area contributed by atoms with E-state index in [1.165, 1.54) is 17.4 Å². The minimum Gasteiger partial charge on any atom is -0.326 e. The summed E-state index contributed by atoms with van der Waals surface area (Å²) >= 11 is 7.10. The van der Waals surface area contributed by atoms with Gasteiger partial charge in [0.05, 0.1) is 10.7 Å². The van der Waals surface area contributed by atoms with Gasteiger partial charge in [-0.1, -0.05) is 11.6 Å². The van der Waals surface area contributed by atoms with E-state index in [4.69, 9.17) is 17.3 Å². The molecule has 0 amide bonds. The van der Waals surface area contributed by atoms with Gasteiger partial charge in [-0.05, 0) is 36.1 Å². The third-order valence-electron chi connectivity index (χ3n) is 2.62. The summed E-state index contributed by atoms with van der Waals surface area (Å²) in [4.78, 5) is 0.721. The summed E-state index contributed by atoms with van der Waals surface area (Å²) in [6, 6.07) is 3.46. The van der Waals surface area contributed by atoms with Crippen LogP contribution in [0.3, 0.4) is 0 Å². The van der Waals surface area contributed by atoms with Crippen molar-refractivity contribution in [1.29, 1.82) is 0 Å². The number of hydrogen-bond donors (Lipinski definition) is 2. The second-order valence-corrected chi connectivity index (χ2v) is 7.10. The number of aryl methyl sites for hydroxylation is 1. The van der Waals surface area contributed by atoms with Crippen molar-refractivity contribution < 1.29 is 12.8 Å². The number of anilines is 1. The van der Waals surface area contributed by atoms with Crippen LogP contribution in [0.15, 0.2) is 28.5 Å². The Morgan fingerprint density at radius 3 is 2.75 bits per heavy atom. The highest BCUT2D eigenvalue weighted by Crippen LogP contribution is 2.30. The van der Waals surface area contributed by atoms with Crippen LogP contribution in [0.4, 0.5) is 10.1 Å². The second kappa shape index (κ2) is 5.69. The van der Waals surface area contributed by atoms with Crippen LogP contribution in [-0.4, -0.2) is 8.42 Å². The molecule has 0 unspecified atom stereocenters. The Labute approximate surface area is 125 Å². The Kier molecular flexibility index (Phi) is 4.33. The first-order valence-electron chi connectivity index (χ1n) is 5.60. The Morgan fingerprint density at radius 1 is 1.45 bits per heavy atom. The summed E-state index contributed by atoms with van der Waals surface area (Å²) in [5.41, 5.74) is 6.29. The molecule has 0 aliphatic rings. The van der Waals surface area contributed by atoms with Gasteiger partial charge >= 0.3 is 0 Å². The molecule has 0 saturated carbocycles. The van der Waals surface area contributed by atoms with E-state index in [1.54, 1.807) is 12.3 Å². The van der Waals surface area contributed by atoms with Crippen LogP contribution in [0.5, 0.6) is 0 Å². The van der Waals surface area contributed by atoms with Gasteiger partial charge in [0, 0.05) is 11.4 Å². The Bertz CT molecular complexity index is 744. The average Bonchev–Trinajstić information content (AvgIpc) is 2.75. The zero-order chi connectivity index (χ0) is 14.9. The van der Waals surface area contributed by atoms with Gasteiger partial charge < -0.3 is 5.73 Å². The van der Waals surface area contributed by atoms with Crippen molar-refractivity contribution in [1.82, 2.24) is 0 Å². The van der Waals surface area contributed by atoms with Gasteiger partial charge in [0.2, 0.25) is 0 Å². The average molecular weight is 335 g/mol. The number of thiophene rings is 1. The SMILES string of the molecule is Cc1csc(CN)c1S(=O)(=O)Nc1ccc(F)cc1Cl. The van der Waals surface area contributed by atoms with Crippen molar-refractivity contribution in [2.75, 3.05) is 4.72 Å². The number of sulfonamides is 1.